The highest BCUT2D eigenvalue weighted by atomic mass is 32.1. The zero-order valence-electron chi connectivity index (χ0n) is 7.07. The van der Waals surface area contributed by atoms with Gasteiger partial charge in [0.2, 0.25) is 0 Å². The molecule has 0 bridgehead atoms. The van der Waals surface area contributed by atoms with Crippen molar-refractivity contribution < 1.29 is 4.39 Å². The van der Waals surface area contributed by atoms with Crippen LogP contribution in [0.1, 0.15) is 5.69 Å². The van der Waals surface area contributed by atoms with E-state index in [-0.39, 0.29) is 5.82 Å². The third-order valence-electron chi connectivity index (χ3n) is 1.71. The Bertz CT molecular complexity index is 482. The second-order valence-corrected chi connectivity index (χ2v) is 3.51. The molecule has 0 saturated heterocycles. The van der Waals surface area contributed by atoms with Crippen molar-refractivity contribution in [3.05, 3.63) is 41.2 Å². The fourth-order valence-electron chi connectivity index (χ4n) is 1.05. The van der Waals surface area contributed by atoms with Gasteiger partial charge in [0.25, 0.3) is 0 Å². The van der Waals surface area contributed by atoms with Gasteiger partial charge in [-0.2, -0.15) is 5.26 Å². The highest BCUT2D eigenvalue weighted by Gasteiger charge is 2.03. The van der Waals surface area contributed by atoms with Crippen molar-refractivity contribution in [1.82, 2.24) is 4.98 Å². The molecule has 0 amide bonds. The molecule has 2 aromatic rings. The van der Waals surface area contributed by atoms with E-state index < -0.39 is 0 Å². The Labute approximate surface area is 84.3 Å². The maximum absolute atomic E-state index is 12.6. The molecule has 0 aliphatic carbocycles. The lowest BCUT2D eigenvalue weighted by atomic mass is 10.2. The summed E-state index contributed by atoms with van der Waals surface area (Å²) in [6, 6.07) is 8.01. The fourth-order valence-corrected chi connectivity index (χ4v) is 1.80. The molecule has 0 spiro atoms. The summed E-state index contributed by atoms with van der Waals surface area (Å²) in [5.41, 5.74) is 1.23. The van der Waals surface area contributed by atoms with Crippen LogP contribution in [0.5, 0.6) is 0 Å². The van der Waals surface area contributed by atoms with E-state index in [2.05, 4.69) is 4.98 Å². The molecule has 1 aromatic carbocycles. The molecular formula is C10H5FN2S. The van der Waals surface area contributed by atoms with Crippen LogP contribution in [0.25, 0.3) is 10.6 Å². The summed E-state index contributed by atoms with van der Waals surface area (Å²) in [6.07, 6.45) is 0. The minimum absolute atomic E-state index is 0.272. The SMILES string of the molecule is N#Cc1csc(-c2ccc(F)cc2)n1. The summed E-state index contributed by atoms with van der Waals surface area (Å²) in [4.78, 5) is 4.06. The van der Waals surface area contributed by atoms with Crippen LogP contribution in [-0.2, 0) is 0 Å². The van der Waals surface area contributed by atoms with Crippen LogP contribution >= 0.6 is 11.3 Å². The van der Waals surface area contributed by atoms with E-state index in [1.54, 1.807) is 17.5 Å². The molecule has 0 radical (unpaired) electrons. The maximum Gasteiger partial charge on any atom is 0.152 e. The zero-order chi connectivity index (χ0) is 9.97. The van der Waals surface area contributed by atoms with Crippen molar-refractivity contribution in [1.29, 1.82) is 5.26 Å². The Morgan fingerprint density at radius 2 is 2.00 bits per heavy atom. The third-order valence-corrected chi connectivity index (χ3v) is 2.60. The average Bonchev–Trinajstić information content (AvgIpc) is 2.67. The first-order valence-electron chi connectivity index (χ1n) is 3.91. The van der Waals surface area contributed by atoms with Gasteiger partial charge in [-0.05, 0) is 24.3 Å². The van der Waals surface area contributed by atoms with Crippen LogP contribution in [0.15, 0.2) is 29.6 Å². The zero-order valence-corrected chi connectivity index (χ0v) is 7.88. The minimum Gasteiger partial charge on any atom is -0.225 e. The van der Waals surface area contributed by atoms with Crippen LogP contribution in [0.3, 0.4) is 0 Å². The van der Waals surface area contributed by atoms with E-state index in [9.17, 15) is 4.39 Å². The van der Waals surface area contributed by atoms with Gasteiger partial charge in [-0.3, -0.25) is 0 Å². The van der Waals surface area contributed by atoms with E-state index in [1.165, 1.54) is 23.5 Å². The topological polar surface area (TPSA) is 36.7 Å². The lowest BCUT2D eigenvalue weighted by molar-refractivity contribution is 0.628. The maximum atomic E-state index is 12.6. The van der Waals surface area contributed by atoms with Gasteiger partial charge in [-0.15, -0.1) is 11.3 Å². The first-order chi connectivity index (χ1) is 6.79. The lowest BCUT2D eigenvalue weighted by Crippen LogP contribution is -1.78. The molecule has 0 atom stereocenters. The van der Waals surface area contributed by atoms with E-state index >= 15 is 0 Å². The van der Waals surface area contributed by atoms with Gasteiger partial charge < -0.3 is 0 Å². The molecule has 2 rings (SSSR count). The monoisotopic (exact) mass is 204 g/mol. The smallest absolute Gasteiger partial charge is 0.152 e. The Balaban J connectivity index is 2.40. The molecule has 1 aromatic heterocycles. The second kappa shape index (κ2) is 3.56. The first-order valence-corrected chi connectivity index (χ1v) is 4.79. The number of hydrogen-bond acceptors (Lipinski definition) is 3. The highest BCUT2D eigenvalue weighted by molar-refractivity contribution is 7.13. The Morgan fingerprint density at radius 3 is 2.57 bits per heavy atom. The van der Waals surface area contributed by atoms with Gasteiger partial charge in [0.1, 0.15) is 16.9 Å². The number of hydrogen-bond donors (Lipinski definition) is 0. The van der Waals surface area contributed by atoms with Crippen molar-refractivity contribution in [3.63, 3.8) is 0 Å². The molecule has 1 heterocycles. The fraction of sp³-hybridized carbons (Fsp3) is 0. The summed E-state index contributed by atoms with van der Waals surface area (Å²) in [6.45, 7) is 0. The highest BCUT2D eigenvalue weighted by Crippen LogP contribution is 2.23. The molecule has 0 aliphatic rings. The number of rotatable bonds is 1. The number of nitrogens with zero attached hydrogens (tertiary/aromatic N) is 2. The van der Waals surface area contributed by atoms with Crippen LogP contribution in [0.2, 0.25) is 0 Å². The molecule has 0 aliphatic heterocycles. The summed E-state index contributed by atoms with van der Waals surface area (Å²) in [5, 5.41) is 11.0. The van der Waals surface area contributed by atoms with Gasteiger partial charge in [-0.25, -0.2) is 9.37 Å². The number of benzene rings is 1. The third kappa shape index (κ3) is 1.63. The van der Waals surface area contributed by atoms with E-state index in [0.29, 0.717) is 5.69 Å². The largest absolute Gasteiger partial charge is 0.225 e. The van der Waals surface area contributed by atoms with E-state index in [4.69, 9.17) is 5.26 Å². The molecule has 0 saturated carbocycles. The average molecular weight is 204 g/mol. The molecule has 4 heteroatoms. The van der Waals surface area contributed by atoms with Crippen LogP contribution in [0.4, 0.5) is 4.39 Å². The standard InChI is InChI=1S/C10H5FN2S/c11-8-3-1-7(2-4-8)10-13-9(5-12)6-14-10/h1-4,6H. The molecule has 2 nitrogen and oxygen atoms in total. The van der Waals surface area contributed by atoms with Crippen molar-refractivity contribution in [2.45, 2.75) is 0 Å². The van der Waals surface area contributed by atoms with Gasteiger partial charge in [0.05, 0.1) is 0 Å². The summed E-state index contributed by atoms with van der Waals surface area (Å²) in [5.74, 6) is -0.272. The van der Waals surface area contributed by atoms with Crippen LogP contribution in [0, 0.1) is 17.1 Å². The van der Waals surface area contributed by atoms with Crippen molar-refractivity contribution in [2.75, 3.05) is 0 Å². The number of halogens is 1. The first kappa shape index (κ1) is 8.85. The van der Waals surface area contributed by atoms with Crippen molar-refractivity contribution in [2.24, 2.45) is 0 Å². The summed E-state index contributed by atoms with van der Waals surface area (Å²) >= 11 is 1.38. The molecule has 0 fully saturated rings. The predicted octanol–water partition coefficient (Wildman–Crippen LogP) is 2.82. The second-order valence-electron chi connectivity index (χ2n) is 2.66. The van der Waals surface area contributed by atoms with Gasteiger partial charge >= 0.3 is 0 Å². The van der Waals surface area contributed by atoms with Crippen molar-refractivity contribution in [3.8, 4) is 16.6 Å². The van der Waals surface area contributed by atoms with E-state index in [0.717, 1.165) is 10.6 Å². The van der Waals surface area contributed by atoms with Gasteiger partial charge in [0, 0.05) is 10.9 Å². The molecule has 14 heavy (non-hydrogen) atoms. The summed E-state index contributed by atoms with van der Waals surface area (Å²) < 4.78 is 12.6. The Morgan fingerprint density at radius 1 is 1.29 bits per heavy atom. The van der Waals surface area contributed by atoms with E-state index in [1.807, 2.05) is 6.07 Å². The summed E-state index contributed by atoms with van der Waals surface area (Å²) in [7, 11) is 0. The number of nitriles is 1. The number of aromatic nitrogens is 1. The molecule has 0 N–H and O–H groups in total. The van der Waals surface area contributed by atoms with Crippen molar-refractivity contribution >= 4 is 11.3 Å². The normalized spacial score (nSPS) is 9.71. The predicted molar refractivity (Wildman–Crippen MR) is 52.2 cm³/mol. The molecular weight excluding hydrogens is 199 g/mol. The quantitative estimate of drug-likeness (QED) is 0.716. The van der Waals surface area contributed by atoms with Crippen LogP contribution < -0.4 is 0 Å². The van der Waals surface area contributed by atoms with Gasteiger partial charge in [-0.1, -0.05) is 0 Å². The van der Waals surface area contributed by atoms with Gasteiger partial charge in [0.15, 0.2) is 5.69 Å². The number of thiazole rings is 1. The molecule has 0 unspecified atom stereocenters. The molecule has 68 valence electrons. The van der Waals surface area contributed by atoms with Crippen LogP contribution in [-0.4, -0.2) is 4.98 Å². The Kier molecular flexibility index (Phi) is 2.25. The minimum atomic E-state index is -0.272. The Hall–Kier alpha value is -1.73. The lowest BCUT2D eigenvalue weighted by Gasteiger charge is -1.93.